The molecule has 0 aliphatic rings. The van der Waals surface area contributed by atoms with E-state index in [9.17, 15) is 17.9 Å². The first-order valence-corrected chi connectivity index (χ1v) is 8.80. The van der Waals surface area contributed by atoms with Gasteiger partial charge in [-0.2, -0.15) is 0 Å². The number of sulfonamides is 1. The third kappa shape index (κ3) is 4.37. The Labute approximate surface area is 136 Å². The van der Waals surface area contributed by atoms with Crippen molar-refractivity contribution in [2.24, 2.45) is 0 Å². The third-order valence-electron chi connectivity index (χ3n) is 3.71. The van der Waals surface area contributed by atoms with Crippen molar-refractivity contribution in [3.05, 3.63) is 65.5 Å². The Morgan fingerprint density at radius 3 is 2.17 bits per heavy atom. The summed E-state index contributed by atoms with van der Waals surface area (Å²) in [5.74, 6) is -0.416. The first kappa shape index (κ1) is 17.6. The number of nitrogens with one attached hydrogen (secondary N) is 1. The van der Waals surface area contributed by atoms with Crippen LogP contribution in [0.5, 0.6) is 0 Å². The van der Waals surface area contributed by atoms with Gasteiger partial charge in [0.2, 0.25) is 10.0 Å². The van der Waals surface area contributed by atoms with Crippen molar-refractivity contribution in [1.82, 2.24) is 4.72 Å². The predicted octanol–water partition coefficient (Wildman–Crippen LogP) is 2.57. The van der Waals surface area contributed by atoms with Crippen LogP contribution in [0.25, 0.3) is 0 Å². The van der Waals surface area contributed by atoms with Gasteiger partial charge in [-0.15, -0.1) is 0 Å². The minimum atomic E-state index is -3.72. The summed E-state index contributed by atoms with van der Waals surface area (Å²) >= 11 is 0. The maximum absolute atomic E-state index is 12.9. The largest absolute Gasteiger partial charge is 0.384 e. The van der Waals surface area contributed by atoms with Crippen LogP contribution in [0.2, 0.25) is 0 Å². The van der Waals surface area contributed by atoms with E-state index >= 15 is 0 Å². The van der Waals surface area contributed by atoms with Gasteiger partial charge >= 0.3 is 0 Å². The molecule has 2 rings (SSSR count). The molecule has 0 heterocycles. The van der Waals surface area contributed by atoms with Crippen LogP contribution < -0.4 is 4.72 Å². The Balaban J connectivity index is 2.12. The number of hydrogen-bond donors (Lipinski definition) is 2. The van der Waals surface area contributed by atoms with Gasteiger partial charge in [0.15, 0.2) is 0 Å². The maximum Gasteiger partial charge on any atom is 0.240 e. The zero-order valence-corrected chi connectivity index (χ0v) is 13.9. The number of aliphatic hydroxyl groups is 1. The van der Waals surface area contributed by atoms with Gasteiger partial charge in [0.25, 0.3) is 0 Å². The zero-order chi connectivity index (χ0) is 17.1. The summed E-state index contributed by atoms with van der Waals surface area (Å²) in [7, 11) is -3.72. The molecule has 1 unspecified atom stereocenters. The van der Waals surface area contributed by atoms with E-state index in [-0.39, 0.29) is 11.4 Å². The van der Waals surface area contributed by atoms with E-state index in [1.54, 1.807) is 12.1 Å². The number of hydrogen-bond acceptors (Lipinski definition) is 3. The molecule has 0 aromatic heterocycles. The summed E-state index contributed by atoms with van der Waals surface area (Å²) in [5.41, 5.74) is 0.0367. The van der Waals surface area contributed by atoms with Crippen LogP contribution in [-0.4, -0.2) is 20.1 Å². The molecule has 0 saturated carbocycles. The van der Waals surface area contributed by atoms with Crippen molar-refractivity contribution in [3.63, 3.8) is 0 Å². The van der Waals surface area contributed by atoms with Crippen LogP contribution in [0, 0.1) is 5.82 Å². The summed E-state index contributed by atoms with van der Waals surface area (Å²) in [4.78, 5) is 0.143. The molecule has 0 aliphatic carbocycles. The van der Waals surface area contributed by atoms with E-state index in [0.717, 1.165) is 12.0 Å². The molecule has 6 heteroatoms. The fourth-order valence-electron chi connectivity index (χ4n) is 2.13. The molecule has 1 atom stereocenters. The molecule has 124 valence electrons. The second-order valence-electron chi connectivity index (χ2n) is 5.60. The molecular weight excluding hydrogens is 317 g/mol. The highest BCUT2D eigenvalue weighted by molar-refractivity contribution is 7.89. The number of halogens is 1. The summed E-state index contributed by atoms with van der Waals surface area (Å²) in [5, 5.41) is 10.4. The highest BCUT2D eigenvalue weighted by atomic mass is 32.2. The van der Waals surface area contributed by atoms with Crippen LogP contribution in [0.3, 0.4) is 0 Å². The van der Waals surface area contributed by atoms with Crippen molar-refractivity contribution in [2.45, 2.75) is 30.8 Å². The summed E-state index contributed by atoms with van der Waals surface area (Å²) in [6.45, 7) is 3.25. The topological polar surface area (TPSA) is 66.4 Å². The lowest BCUT2D eigenvalue weighted by Crippen LogP contribution is -2.38. The molecule has 0 amide bonds. The normalized spacial score (nSPS) is 14.4. The molecule has 0 bridgehead atoms. The molecule has 2 aromatic carbocycles. The quantitative estimate of drug-likeness (QED) is 0.851. The molecule has 4 nitrogen and oxygen atoms in total. The van der Waals surface area contributed by atoms with E-state index in [0.29, 0.717) is 5.56 Å². The lowest BCUT2D eigenvalue weighted by Gasteiger charge is -2.24. The summed E-state index contributed by atoms with van der Waals surface area (Å²) < 4.78 is 39.9. The highest BCUT2D eigenvalue weighted by Gasteiger charge is 2.26. The highest BCUT2D eigenvalue weighted by Crippen LogP contribution is 2.21. The van der Waals surface area contributed by atoms with Crippen LogP contribution >= 0.6 is 0 Å². The second-order valence-corrected chi connectivity index (χ2v) is 7.37. The molecular formula is C17H20FNO3S. The molecule has 0 aliphatic heterocycles. The minimum absolute atomic E-state index is 0.143. The smallest absolute Gasteiger partial charge is 0.240 e. The fourth-order valence-corrected chi connectivity index (χ4v) is 3.27. The van der Waals surface area contributed by atoms with Crippen LogP contribution in [0.1, 0.15) is 25.0 Å². The van der Waals surface area contributed by atoms with Gasteiger partial charge in [-0.1, -0.05) is 31.2 Å². The molecule has 0 radical (unpaired) electrons. The minimum Gasteiger partial charge on any atom is -0.384 e. The molecule has 0 saturated heterocycles. The Bertz CT molecular complexity index is 753. The standard InChI is InChI=1S/C17H20FNO3S/c1-3-13-4-10-16(11-5-13)23(21,22)19-12-17(2,20)14-6-8-15(18)9-7-14/h4-11,19-20H,3,12H2,1-2H3. The molecule has 0 fully saturated rings. The van der Waals surface area contributed by atoms with Crippen molar-refractivity contribution in [1.29, 1.82) is 0 Å². The van der Waals surface area contributed by atoms with Crippen molar-refractivity contribution < 1.29 is 17.9 Å². The van der Waals surface area contributed by atoms with Gasteiger partial charge in [0.05, 0.1) is 4.90 Å². The monoisotopic (exact) mass is 337 g/mol. The average Bonchev–Trinajstić information content (AvgIpc) is 2.54. The summed E-state index contributed by atoms with van der Waals surface area (Å²) in [6.07, 6.45) is 0.826. The number of benzene rings is 2. The maximum atomic E-state index is 12.9. The van der Waals surface area contributed by atoms with Gasteiger partial charge in [0, 0.05) is 6.54 Å². The zero-order valence-electron chi connectivity index (χ0n) is 13.1. The molecule has 0 spiro atoms. The molecule has 2 aromatic rings. The predicted molar refractivity (Wildman–Crippen MR) is 87.0 cm³/mol. The average molecular weight is 337 g/mol. The lowest BCUT2D eigenvalue weighted by molar-refractivity contribution is 0.0627. The van der Waals surface area contributed by atoms with Crippen molar-refractivity contribution in [2.75, 3.05) is 6.54 Å². The molecule has 23 heavy (non-hydrogen) atoms. The van der Waals surface area contributed by atoms with Gasteiger partial charge in [-0.05, 0) is 48.7 Å². The number of rotatable bonds is 6. The fraction of sp³-hybridized carbons (Fsp3) is 0.294. The van der Waals surface area contributed by atoms with Gasteiger partial charge in [-0.25, -0.2) is 17.5 Å². The van der Waals surface area contributed by atoms with E-state index in [4.69, 9.17) is 0 Å². The Morgan fingerprint density at radius 2 is 1.65 bits per heavy atom. The van der Waals surface area contributed by atoms with Gasteiger partial charge in [0.1, 0.15) is 11.4 Å². The van der Waals surface area contributed by atoms with Crippen molar-refractivity contribution in [3.8, 4) is 0 Å². The van der Waals surface area contributed by atoms with Crippen molar-refractivity contribution >= 4 is 10.0 Å². The lowest BCUT2D eigenvalue weighted by atomic mass is 9.96. The van der Waals surface area contributed by atoms with E-state index in [2.05, 4.69) is 4.72 Å². The SMILES string of the molecule is CCc1ccc(S(=O)(=O)NCC(C)(O)c2ccc(F)cc2)cc1. The van der Waals surface area contributed by atoms with E-state index in [1.807, 2.05) is 6.92 Å². The third-order valence-corrected chi connectivity index (χ3v) is 5.13. The first-order chi connectivity index (χ1) is 10.7. The van der Waals surface area contributed by atoms with Crippen LogP contribution in [-0.2, 0) is 22.0 Å². The first-order valence-electron chi connectivity index (χ1n) is 7.31. The Morgan fingerprint density at radius 1 is 1.09 bits per heavy atom. The van der Waals surface area contributed by atoms with E-state index < -0.39 is 21.4 Å². The molecule has 2 N–H and O–H groups in total. The second kappa shape index (κ2) is 6.78. The summed E-state index contributed by atoms with van der Waals surface area (Å²) in [6, 6.07) is 11.9. The van der Waals surface area contributed by atoms with Crippen LogP contribution in [0.15, 0.2) is 53.4 Å². The Kier molecular flexibility index (Phi) is 5.19. The van der Waals surface area contributed by atoms with Gasteiger partial charge in [-0.3, -0.25) is 0 Å². The van der Waals surface area contributed by atoms with Gasteiger partial charge < -0.3 is 5.11 Å². The Hall–Kier alpha value is -1.76. The van der Waals surface area contributed by atoms with E-state index in [1.165, 1.54) is 43.3 Å². The van der Waals surface area contributed by atoms with Crippen LogP contribution in [0.4, 0.5) is 4.39 Å². The number of aryl methyl sites for hydroxylation is 1.